The van der Waals surface area contributed by atoms with Crippen molar-refractivity contribution in [1.82, 2.24) is 0 Å². The summed E-state index contributed by atoms with van der Waals surface area (Å²) in [5, 5.41) is 9.68. The van der Waals surface area contributed by atoms with Gasteiger partial charge < -0.3 is 5.73 Å². The Hall–Kier alpha value is -1.63. The highest BCUT2D eigenvalue weighted by atomic mass is 16.1. The number of nitrogens with two attached hydrogens (primary N) is 1. The highest BCUT2D eigenvalue weighted by Gasteiger charge is 2.69. The van der Waals surface area contributed by atoms with Crippen LogP contribution in [-0.2, 0) is 9.59 Å². The minimum Gasteiger partial charge on any atom is -0.369 e. The molecule has 0 aromatic carbocycles. The number of allylic oxidation sites excluding steroid dienone is 2. The van der Waals surface area contributed by atoms with E-state index in [-0.39, 0.29) is 39.3 Å². The van der Waals surface area contributed by atoms with Crippen molar-refractivity contribution in [2.75, 3.05) is 0 Å². The third-order valence-electron chi connectivity index (χ3n) is 12.0. The number of amides is 1. The molecule has 4 nitrogen and oxygen atoms in total. The molecule has 8 unspecified atom stereocenters. The fourth-order valence-electron chi connectivity index (χ4n) is 10.2. The summed E-state index contributed by atoms with van der Waals surface area (Å²) in [5.74, 6) is 1.72. The standard InChI is InChI=1S/C27H38N2O2/c1-16-18-9-11-26(4)21(24(18,2)14-17(15-28)22(16)30)8-7-19-20-6-5-10-27(20,23(29)31)13-12-25(19,26)3/h14,16,18-21H,5-13H2,1-4H3,(H2,29,31)/t16?,18?,19?,20?,21?,24?,25-,26?,27?/m1/s1. The van der Waals surface area contributed by atoms with E-state index in [1.165, 1.54) is 0 Å². The van der Waals surface area contributed by atoms with Crippen molar-refractivity contribution in [3.05, 3.63) is 11.6 Å². The van der Waals surface area contributed by atoms with Crippen LogP contribution in [0.4, 0.5) is 0 Å². The van der Waals surface area contributed by atoms with Crippen molar-refractivity contribution in [1.29, 1.82) is 5.26 Å². The quantitative estimate of drug-likeness (QED) is 0.632. The van der Waals surface area contributed by atoms with Crippen LogP contribution in [0.5, 0.6) is 0 Å². The lowest BCUT2D eigenvalue weighted by Crippen LogP contribution is -2.65. The van der Waals surface area contributed by atoms with Gasteiger partial charge in [-0.05, 0) is 91.3 Å². The summed E-state index contributed by atoms with van der Waals surface area (Å²) in [6.45, 7) is 9.42. The van der Waals surface area contributed by atoms with Crippen LogP contribution in [0.2, 0.25) is 0 Å². The first-order chi connectivity index (χ1) is 14.5. The molecule has 0 saturated heterocycles. The number of ketones is 1. The molecular weight excluding hydrogens is 384 g/mol. The van der Waals surface area contributed by atoms with Gasteiger partial charge in [-0.15, -0.1) is 0 Å². The molecule has 0 aromatic rings. The number of nitriles is 1. The van der Waals surface area contributed by atoms with Crippen molar-refractivity contribution in [2.45, 2.75) is 85.5 Å². The summed E-state index contributed by atoms with van der Waals surface area (Å²) < 4.78 is 0. The Morgan fingerprint density at radius 2 is 1.74 bits per heavy atom. The molecule has 0 radical (unpaired) electrons. The predicted octanol–water partition coefficient (Wildman–Crippen LogP) is 5.18. The first-order valence-corrected chi connectivity index (χ1v) is 12.5. The van der Waals surface area contributed by atoms with Crippen LogP contribution in [0.15, 0.2) is 11.6 Å². The Morgan fingerprint density at radius 1 is 1.00 bits per heavy atom. The molecule has 1 amide bonds. The normalized spacial score (nSPS) is 53.3. The zero-order valence-electron chi connectivity index (χ0n) is 19.7. The number of rotatable bonds is 1. The predicted molar refractivity (Wildman–Crippen MR) is 119 cm³/mol. The van der Waals surface area contributed by atoms with Gasteiger partial charge >= 0.3 is 0 Å². The van der Waals surface area contributed by atoms with Crippen LogP contribution < -0.4 is 5.73 Å². The maximum Gasteiger partial charge on any atom is 0.223 e. The number of Topliss-reactive ketones (excluding diaryl/α,β-unsaturated/α-hetero) is 1. The lowest BCUT2D eigenvalue weighted by atomic mass is 9.34. The molecule has 168 valence electrons. The largest absolute Gasteiger partial charge is 0.369 e. The molecule has 31 heavy (non-hydrogen) atoms. The zero-order valence-corrected chi connectivity index (χ0v) is 19.7. The topological polar surface area (TPSA) is 83.9 Å². The zero-order chi connectivity index (χ0) is 22.4. The van der Waals surface area contributed by atoms with E-state index in [1.807, 2.05) is 6.92 Å². The molecule has 2 N–H and O–H groups in total. The van der Waals surface area contributed by atoms with Crippen molar-refractivity contribution in [3.63, 3.8) is 0 Å². The number of carbonyl (C=O) groups excluding carboxylic acids is 2. The molecular formula is C27H38N2O2. The molecule has 5 aliphatic carbocycles. The molecule has 0 heterocycles. The van der Waals surface area contributed by atoms with Gasteiger partial charge in [0.1, 0.15) is 6.07 Å². The van der Waals surface area contributed by atoms with Gasteiger partial charge in [0.05, 0.1) is 11.0 Å². The summed E-state index contributed by atoms with van der Waals surface area (Å²) in [6.07, 6.45) is 11.8. The molecule has 0 aliphatic heterocycles. The number of hydrogen-bond acceptors (Lipinski definition) is 3. The maximum atomic E-state index is 12.8. The summed E-state index contributed by atoms with van der Waals surface area (Å²) >= 11 is 0. The van der Waals surface area contributed by atoms with Crippen LogP contribution in [-0.4, -0.2) is 11.7 Å². The minimum atomic E-state index is -0.270. The monoisotopic (exact) mass is 422 g/mol. The van der Waals surface area contributed by atoms with Crippen molar-refractivity contribution in [3.8, 4) is 6.07 Å². The van der Waals surface area contributed by atoms with E-state index in [0.717, 1.165) is 57.8 Å². The first kappa shape index (κ1) is 21.2. The van der Waals surface area contributed by atoms with E-state index in [2.05, 4.69) is 32.9 Å². The van der Waals surface area contributed by atoms with Gasteiger partial charge in [0.15, 0.2) is 5.78 Å². The number of primary amides is 1. The van der Waals surface area contributed by atoms with Crippen molar-refractivity contribution in [2.24, 2.45) is 57.0 Å². The Balaban J connectivity index is 1.58. The Morgan fingerprint density at radius 3 is 2.42 bits per heavy atom. The number of hydrogen-bond donors (Lipinski definition) is 1. The minimum absolute atomic E-state index is 0.0448. The maximum absolute atomic E-state index is 12.8. The first-order valence-electron chi connectivity index (χ1n) is 12.5. The molecule has 5 aliphatic rings. The third-order valence-corrected chi connectivity index (χ3v) is 12.0. The number of carbonyl (C=O) groups is 2. The third kappa shape index (κ3) is 2.36. The summed E-state index contributed by atoms with van der Waals surface area (Å²) in [6, 6.07) is 2.22. The fraction of sp³-hybridized carbons (Fsp3) is 0.815. The molecule has 0 aromatic heterocycles. The van der Waals surface area contributed by atoms with Crippen LogP contribution in [0.25, 0.3) is 0 Å². The molecule has 4 fully saturated rings. The average molecular weight is 423 g/mol. The molecule has 9 atom stereocenters. The molecule has 4 heteroatoms. The Labute approximate surface area is 187 Å². The SMILES string of the molecule is CC1C(=O)C(C#N)=CC2(C)C1CCC1(C)C2CCC2C3CCCC3(C(N)=O)CC[C@]21C. The number of nitrogens with zero attached hydrogens (tertiary/aromatic N) is 1. The Bertz CT molecular complexity index is 917. The molecule has 0 spiro atoms. The summed E-state index contributed by atoms with van der Waals surface area (Å²) in [5.41, 5.74) is 6.38. The number of fused-ring (bicyclic) bond motifs is 7. The summed E-state index contributed by atoms with van der Waals surface area (Å²) in [7, 11) is 0. The van der Waals surface area contributed by atoms with E-state index in [4.69, 9.17) is 5.73 Å². The average Bonchev–Trinajstić information content (AvgIpc) is 3.17. The van der Waals surface area contributed by atoms with Crippen LogP contribution >= 0.6 is 0 Å². The van der Waals surface area contributed by atoms with E-state index in [9.17, 15) is 14.9 Å². The van der Waals surface area contributed by atoms with Crippen LogP contribution in [0.3, 0.4) is 0 Å². The van der Waals surface area contributed by atoms with E-state index < -0.39 is 0 Å². The van der Waals surface area contributed by atoms with Crippen molar-refractivity contribution < 1.29 is 9.59 Å². The molecule has 0 bridgehead atoms. The van der Waals surface area contributed by atoms with Gasteiger partial charge in [0.2, 0.25) is 5.91 Å². The smallest absolute Gasteiger partial charge is 0.223 e. The van der Waals surface area contributed by atoms with E-state index >= 15 is 0 Å². The molecule has 5 rings (SSSR count). The van der Waals surface area contributed by atoms with Crippen LogP contribution in [0.1, 0.15) is 85.5 Å². The summed E-state index contributed by atoms with van der Waals surface area (Å²) in [4.78, 5) is 25.4. The second-order valence-electron chi connectivity index (χ2n) is 12.4. The highest BCUT2D eigenvalue weighted by Crippen LogP contribution is 2.75. The van der Waals surface area contributed by atoms with Gasteiger partial charge in [0, 0.05) is 5.92 Å². The van der Waals surface area contributed by atoms with Crippen LogP contribution in [0, 0.1) is 62.6 Å². The lowest BCUT2D eigenvalue weighted by Gasteiger charge is -2.70. The second-order valence-corrected chi connectivity index (χ2v) is 12.4. The Kier molecular flexibility index (Phi) is 4.42. The lowest BCUT2D eigenvalue weighted by molar-refractivity contribution is -0.209. The van der Waals surface area contributed by atoms with Gasteiger partial charge in [-0.1, -0.05) is 40.2 Å². The fourth-order valence-corrected chi connectivity index (χ4v) is 10.2. The van der Waals surface area contributed by atoms with Gasteiger partial charge in [-0.2, -0.15) is 5.26 Å². The van der Waals surface area contributed by atoms with E-state index in [1.54, 1.807) is 0 Å². The highest BCUT2D eigenvalue weighted by molar-refractivity contribution is 6.01. The molecule has 4 saturated carbocycles. The van der Waals surface area contributed by atoms with E-state index in [0.29, 0.717) is 29.2 Å². The van der Waals surface area contributed by atoms with Crippen molar-refractivity contribution >= 4 is 11.7 Å². The van der Waals surface area contributed by atoms with Gasteiger partial charge in [-0.25, -0.2) is 0 Å². The second kappa shape index (κ2) is 6.46. The van der Waals surface area contributed by atoms with Gasteiger partial charge in [0.25, 0.3) is 0 Å². The van der Waals surface area contributed by atoms with Gasteiger partial charge in [-0.3, -0.25) is 9.59 Å².